The molecular formula is C24H52N2O6P+. The van der Waals surface area contributed by atoms with Crippen LogP contribution in [0.15, 0.2) is 0 Å². The Hall–Kier alpha value is -0.660. The van der Waals surface area contributed by atoms with E-state index in [9.17, 15) is 14.3 Å². The van der Waals surface area contributed by atoms with Crippen molar-refractivity contribution < 1.29 is 32.5 Å². The smallest absolute Gasteiger partial charge is 0.444 e. The van der Waals surface area contributed by atoms with Gasteiger partial charge in [-0.15, -0.1) is 0 Å². The molecule has 0 aliphatic heterocycles. The number of hydrogen-bond donors (Lipinski definition) is 2. The SMILES string of the molecule is CCCCCCCCCCCCCCC(COP(=O)(O)OCC[N+](C)(C)C)OC(=O)NCC. The van der Waals surface area contributed by atoms with Crippen LogP contribution in [0.4, 0.5) is 4.79 Å². The van der Waals surface area contributed by atoms with Crippen LogP contribution in [0.3, 0.4) is 0 Å². The van der Waals surface area contributed by atoms with Gasteiger partial charge in [0.1, 0.15) is 19.3 Å². The van der Waals surface area contributed by atoms with E-state index < -0.39 is 20.0 Å². The Bertz CT molecular complexity index is 528. The second-order valence-corrected chi connectivity index (χ2v) is 11.3. The zero-order valence-electron chi connectivity index (χ0n) is 22.0. The number of nitrogens with one attached hydrogen (secondary N) is 1. The van der Waals surface area contributed by atoms with E-state index in [2.05, 4.69) is 12.2 Å². The van der Waals surface area contributed by atoms with Gasteiger partial charge in [0.05, 0.1) is 27.7 Å². The highest BCUT2D eigenvalue weighted by molar-refractivity contribution is 7.47. The number of rotatable bonds is 22. The summed E-state index contributed by atoms with van der Waals surface area (Å²) in [6.45, 7) is 5.03. The maximum Gasteiger partial charge on any atom is 0.472 e. The Morgan fingerprint density at radius 3 is 1.88 bits per heavy atom. The van der Waals surface area contributed by atoms with Gasteiger partial charge in [-0.2, -0.15) is 0 Å². The highest BCUT2D eigenvalue weighted by Crippen LogP contribution is 2.43. The van der Waals surface area contributed by atoms with Crippen LogP contribution in [0.5, 0.6) is 0 Å². The van der Waals surface area contributed by atoms with Crippen molar-refractivity contribution in [3.8, 4) is 0 Å². The molecule has 2 N–H and O–H groups in total. The Kier molecular flexibility index (Phi) is 19.2. The molecule has 0 rings (SSSR count). The molecule has 0 aliphatic carbocycles. The summed E-state index contributed by atoms with van der Waals surface area (Å²) in [6.07, 6.45) is 14.4. The number of likely N-dealkylation sites (N-methyl/N-ethyl adjacent to an activating group) is 1. The molecule has 0 aliphatic rings. The van der Waals surface area contributed by atoms with E-state index in [1.54, 1.807) is 0 Å². The van der Waals surface area contributed by atoms with Crippen LogP contribution in [0.2, 0.25) is 0 Å². The molecule has 8 nitrogen and oxygen atoms in total. The number of carbonyl (C=O) groups is 1. The van der Waals surface area contributed by atoms with Crippen LogP contribution >= 0.6 is 7.82 Å². The Morgan fingerprint density at radius 2 is 1.39 bits per heavy atom. The van der Waals surface area contributed by atoms with E-state index in [1.165, 1.54) is 57.8 Å². The van der Waals surface area contributed by atoms with Gasteiger partial charge in [0, 0.05) is 6.54 Å². The molecule has 0 fully saturated rings. The fourth-order valence-corrected chi connectivity index (χ4v) is 4.11. The number of alkyl carbamates (subject to hydrolysis) is 1. The third-order valence-corrected chi connectivity index (χ3v) is 6.40. The zero-order chi connectivity index (χ0) is 25.0. The summed E-state index contributed by atoms with van der Waals surface area (Å²) < 4.78 is 28.3. The molecule has 9 heteroatoms. The lowest BCUT2D eigenvalue weighted by molar-refractivity contribution is -0.870. The minimum Gasteiger partial charge on any atom is -0.444 e. The standard InChI is InChI=1S/C24H51N2O6P/c1-6-8-9-10-11-12-13-14-15-16-17-18-19-23(32-24(27)25-7-2)22-31-33(28,29)30-21-20-26(3,4)5/h23H,6-22H2,1-5H3,(H-,25,27,28,29)/p+1. The van der Waals surface area contributed by atoms with Crippen LogP contribution in [0.25, 0.3) is 0 Å². The van der Waals surface area contributed by atoms with Gasteiger partial charge in [0.15, 0.2) is 0 Å². The monoisotopic (exact) mass is 495 g/mol. The molecule has 0 radical (unpaired) electrons. The van der Waals surface area contributed by atoms with E-state index in [0.29, 0.717) is 24.0 Å². The van der Waals surface area contributed by atoms with E-state index >= 15 is 0 Å². The number of carbonyl (C=O) groups excluding carboxylic acids is 1. The normalized spacial score (nSPS) is 14.6. The fraction of sp³-hybridized carbons (Fsp3) is 0.958. The van der Waals surface area contributed by atoms with Crippen molar-refractivity contribution in [2.24, 2.45) is 0 Å². The quantitative estimate of drug-likeness (QED) is 0.108. The molecular weight excluding hydrogens is 443 g/mol. The van der Waals surface area contributed by atoms with Crippen LogP contribution in [-0.4, -0.2) is 69.0 Å². The molecule has 0 saturated carbocycles. The third kappa shape index (κ3) is 22.9. The summed E-state index contributed by atoms with van der Waals surface area (Å²) >= 11 is 0. The maximum absolute atomic E-state index is 12.1. The van der Waals surface area contributed by atoms with Crippen molar-refractivity contribution in [2.75, 3.05) is 47.4 Å². The van der Waals surface area contributed by atoms with Gasteiger partial charge in [-0.05, 0) is 19.8 Å². The fourth-order valence-electron chi connectivity index (χ4n) is 3.37. The predicted molar refractivity (Wildman–Crippen MR) is 134 cm³/mol. The lowest BCUT2D eigenvalue weighted by Crippen LogP contribution is -2.37. The van der Waals surface area contributed by atoms with Crippen molar-refractivity contribution >= 4 is 13.9 Å². The summed E-state index contributed by atoms with van der Waals surface area (Å²) in [6, 6.07) is 0. The molecule has 0 saturated heterocycles. The number of ether oxygens (including phenoxy) is 1. The lowest BCUT2D eigenvalue weighted by atomic mass is 10.0. The molecule has 0 aromatic carbocycles. The van der Waals surface area contributed by atoms with Gasteiger partial charge >= 0.3 is 13.9 Å². The first-order valence-electron chi connectivity index (χ1n) is 13.0. The lowest BCUT2D eigenvalue weighted by Gasteiger charge is -2.24. The second-order valence-electron chi connectivity index (χ2n) is 9.85. The number of phosphoric ester groups is 1. The van der Waals surface area contributed by atoms with Crippen LogP contribution < -0.4 is 5.32 Å². The van der Waals surface area contributed by atoms with Crippen LogP contribution in [0, 0.1) is 0 Å². The summed E-state index contributed by atoms with van der Waals surface area (Å²) in [7, 11) is 1.73. The van der Waals surface area contributed by atoms with Gasteiger partial charge in [-0.25, -0.2) is 9.36 Å². The summed E-state index contributed by atoms with van der Waals surface area (Å²) in [4.78, 5) is 21.7. The van der Waals surface area contributed by atoms with Crippen LogP contribution in [-0.2, 0) is 18.3 Å². The third-order valence-electron chi connectivity index (χ3n) is 5.41. The maximum atomic E-state index is 12.1. The summed E-state index contributed by atoms with van der Waals surface area (Å²) in [5, 5.41) is 2.59. The van der Waals surface area contributed by atoms with Gasteiger partial charge < -0.3 is 19.4 Å². The zero-order valence-corrected chi connectivity index (χ0v) is 22.9. The van der Waals surface area contributed by atoms with E-state index in [0.717, 1.165) is 19.3 Å². The van der Waals surface area contributed by atoms with Crippen molar-refractivity contribution in [3.05, 3.63) is 0 Å². The van der Waals surface area contributed by atoms with Gasteiger partial charge in [0.2, 0.25) is 0 Å². The number of phosphoric acid groups is 1. The molecule has 0 spiro atoms. The average Bonchev–Trinajstić information content (AvgIpc) is 2.71. The number of quaternary nitrogens is 1. The Morgan fingerprint density at radius 1 is 0.879 bits per heavy atom. The van der Waals surface area contributed by atoms with Gasteiger partial charge in [0.25, 0.3) is 0 Å². The van der Waals surface area contributed by atoms with Crippen molar-refractivity contribution in [3.63, 3.8) is 0 Å². The van der Waals surface area contributed by atoms with E-state index in [4.69, 9.17) is 13.8 Å². The van der Waals surface area contributed by atoms with E-state index in [-0.39, 0.29) is 13.2 Å². The summed E-state index contributed by atoms with van der Waals surface area (Å²) in [5.41, 5.74) is 0. The van der Waals surface area contributed by atoms with Crippen LogP contribution in [0.1, 0.15) is 97.3 Å². The van der Waals surface area contributed by atoms with Crippen molar-refractivity contribution in [1.82, 2.24) is 5.32 Å². The molecule has 33 heavy (non-hydrogen) atoms. The predicted octanol–water partition coefficient (Wildman–Crippen LogP) is 6.03. The number of nitrogens with zero attached hydrogens (tertiary/aromatic N) is 1. The molecule has 1 amide bonds. The molecule has 0 heterocycles. The van der Waals surface area contributed by atoms with Crippen molar-refractivity contribution in [2.45, 2.75) is 103 Å². The van der Waals surface area contributed by atoms with Crippen molar-refractivity contribution in [1.29, 1.82) is 0 Å². The minimum absolute atomic E-state index is 0.109. The minimum atomic E-state index is -4.18. The van der Waals surface area contributed by atoms with E-state index in [1.807, 2.05) is 28.1 Å². The number of unbranched alkanes of at least 4 members (excludes halogenated alkanes) is 11. The largest absolute Gasteiger partial charge is 0.472 e. The Labute approximate surface area is 202 Å². The number of amides is 1. The highest BCUT2D eigenvalue weighted by Gasteiger charge is 2.25. The molecule has 0 bridgehead atoms. The van der Waals surface area contributed by atoms with Gasteiger partial charge in [-0.1, -0.05) is 77.6 Å². The topological polar surface area (TPSA) is 94.1 Å². The molecule has 2 atom stereocenters. The molecule has 0 aromatic rings. The first-order valence-corrected chi connectivity index (χ1v) is 14.5. The summed E-state index contributed by atoms with van der Waals surface area (Å²) in [5.74, 6) is 0. The molecule has 198 valence electrons. The highest BCUT2D eigenvalue weighted by atomic mass is 31.2. The second kappa shape index (κ2) is 19.6. The first kappa shape index (κ1) is 32.3. The first-order chi connectivity index (χ1) is 15.6. The van der Waals surface area contributed by atoms with Gasteiger partial charge in [-0.3, -0.25) is 9.05 Å². The Balaban J connectivity index is 4.13. The average molecular weight is 496 g/mol. The number of hydrogen-bond acceptors (Lipinski definition) is 5. The molecule has 2 unspecified atom stereocenters. The molecule has 0 aromatic heterocycles.